The Morgan fingerprint density at radius 3 is 2.29 bits per heavy atom. The largest absolute Gasteiger partial charge is 0.481 e. The van der Waals surface area contributed by atoms with Gasteiger partial charge in [0.2, 0.25) is 11.8 Å². The van der Waals surface area contributed by atoms with Gasteiger partial charge in [-0.2, -0.15) is 0 Å². The molecule has 0 aromatic heterocycles. The van der Waals surface area contributed by atoms with E-state index < -0.39 is 53.9 Å². The SMILES string of the molecule is COC(=O)C1(NC(=O)[C@@H](C)NC(=O)[C@@H](N)CC(=O)O)CCN(C(=O)OCc2ccccc2)CC1. The van der Waals surface area contributed by atoms with Crippen molar-refractivity contribution in [3.63, 3.8) is 0 Å². The lowest BCUT2D eigenvalue weighted by molar-refractivity contribution is -0.153. The first-order chi connectivity index (χ1) is 16.1. The Morgan fingerprint density at radius 1 is 1.12 bits per heavy atom. The van der Waals surface area contributed by atoms with Crippen LogP contribution in [0.5, 0.6) is 0 Å². The third-order valence-corrected chi connectivity index (χ3v) is 5.50. The van der Waals surface area contributed by atoms with Crippen LogP contribution in [0.1, 0.15) is 31.7 Å². The van der Waals surface area contributed by atoms with Gasteiger partial charge in [-0.1, -0.05) is 30.3 Å². The number of piperidine rings is 1. The number of nitrogens with two attached hydrogens (primary N) is 1. The molecule has 1 aromatic carbocycles. The zero-order valence-corrected chi connectivity index (χ0v) is 19.1. The lowest BCUT2D eigenvalue weighted by Crippen LogP contribution is -2.63. The van der Waals surface area contributed by atoms with E-state index in [0.717, 1.165) is 5.56 Å². The highest BCUT2D eigenvalue weighted by Crippen LogP contribution is 2.25. The molecule has 0 aliphatic carbocycles. The Hall–Kier alpha value is -3.67. The predicted octanol–water partition coefficient (Wildman–Crippen LogP) is -0.246. The number of carboxylic acids is 1. The van der Waals surface area contributed by atoms with E-state index in [9.17, 15) is 24.0 Å². The Labute approximate surface area is 196 Å². The van der Waals surface area contributed by atoms with Crippen LogP contribution in [0.3, 0.4) is 0 Å². The maximum Gasteiger partial charge on any atom is 0.410 e. The number of carbonyl (C=O) groups excluding carboxylic acids is 4. The molecule has 12 nitrogen and oxygen atoms in total. The summed E-state index contributed by atoms with van der Waals surface area (Å²) in [7, 11) is 1.19. The van der Waals surface area contributed by atoms with Crippen LogP contribution in [-0.4, -0.2) is 77.7 Å². The van der Waals surface area contributed by atoms with Gasteiger partial charge in [0.15, 0.2) is 0 Å². The summed E-state index contributed by atoms with van der Waals surface area (Å²) in [5, 5.41) is 13.7. The van der Waals surface area contributed by atoms with Crippen LogP contribution in [-0.2, 0) is 35.3 Å². The van der Waals surface area contributed by atoms with Gasteiger partial charge >= 0.3 is 18.0 Å². The lowest BCUT2D eigenvalue weighted by Gasteiger charge is -2.40. The number of carbonyl (C=O) groups is 5. The number of ether oxygens (including phenoxy) is 2. The monoisotopic (exact) mass is 478 g/mol. The van der Waals surface area contributed by atoms with Gasteiger partial charge in [0.1, 0.15) is 18.2 Å². The van der Waals surface area contributed by atoms with Gasteiger partial charge in [0, 0.05) is 13.1 Å². The van der Waals surface area contributed by atoms with E-state index >= 15 is 0 Å². The average molecular weight is 479 g/mol. The predicted molar refractivity (Wildman–Crippen MR) is 118 cm³/mol. The van der Waals surface area contributed by atoms with Crippen molar-refractivity contribution in [1.29, 1.82) is 0 Å². The number of hydrogen-bond acceptors (Lipinski definition) is 8. The lowest BCUT2D eigenvalue weighted by atomic mass is 9.87. The topological polar surface area (TPSA) is 177 Å². The highest BCUT2D eigenvalue weighted by Gasteiger charge is 2.45. The first-order valence-electron chi connectivity index (χ1n) is 10.7. The molecule has 0 radical (unpaired) electrons. The minimum atomic E-state index is -1.40. The van der Waals surface area contributed by atoms with Crippen molar-refractivity contribution in [2.24, 2.45) is 5.73 Å². The molecule has 1 aliphatic rings. The molecule has 1 heterocycles. The maximum atomic E-state index is 12.7. The molecule has 1 aromatic rings. The third-order valence-electron chi connectivity index (χ3n) is 5.50. The number of amides is 3. The number of aliphatic carboxylic acids is 1. The molecule has 2 atom stereocenters. The summed E-state index contributed by atoms with van der Waals surface area (Å²) in [6, 6.07) is 6.76. The van der Waals surface area contributed by atoms with Crippen LogP contribution < -0.4 is 16.4 Å². The number of likely N-dealkylation sites (tertiary alicyclic amines) is 1. The summed E-state index contributed by atoms with van der Waals surface area (Å²) < 4.78 is 10.2. The summed E-state index contributed by atoms with van der Waals surface area (Å²) in [6.07, 6.45) is -0.986. The van der Waals surface area contributed by atoms with Crippen molar-refractivity contribution in [1.82, 2.24) is 15.5 Å². The minimum absolute atomic E-state index is 0.0744. The van der Waals surface area contributed by atoms with Crippen molar-refractivity contribution in [2.45, 2.75) is 50.4 Å². The number of benzene rings is 1. The molecule has 34 heavy (non-hydrogen) atoms. The second-order valence-corrected chi connectivity index (χ2v) is 8.02. The molecular weight excluding hydrogens is 448 g/mol. The Bertz CT molecular complexity index is 899. The van der Waals surface area contributed by atoms with Crippen molar-refractivity contribution in [3.8, 4) is 0 Å². The Morgan fingerprint density at radius 2 is 1.74 bits per heavy atom. The highest BCUT2D eigenvalue weighted by atomic mass is 16.6. The molecule has 12 heteroatoms. The van der Waals surface area contributed by atoms with Crippen LogP contribution in [0.2, 0.25) is 0 Å². The normalized spacial score (nSPS) is 16.5. The average Bonchev–Trinajstić information content (AvgIpc) is 2.82. The van der Waals surface area contributed by atoms with E-state index in [1.54, 1.807) is 0 Å². The van der Waals surface area contributed by atoms with Gasteiger partial charge in [-0.3, -0.25) is 14.4 Å². The van der Waals surface area contributed by atoms with E-state index in [1.807, 2.05) is 30.3 Å². The highest BCUT2D eigenvalue weighted by molar-refractivity contribution is 5.94. The zero-order chi connectivity index (χ0) is 25.3. The summed E-state index contributed by atoms with van der Waals surface area (Å²) in [6.45, 7) is 1.75. The minimum Gasteiger partial charge on any atom is -0.481 e. The van der Waals surface area contributed by atoms with Crippen LogP contribution in [0.25, 0.3) is 0 Å². The molecule has 0 unspecified atom stereocenters. The second-order valence-electron chi connectivity index (χ2n) is 8.02. The molecule has 2 rings (SSSR count). The van der Waals surface area contributed by atoms with Gasteiger partial charge in [0.05, 0.1) is 19.6 Å². The molecule has 5 N–H and O–H groups in total. The molecule has 3 amide bonds. The van der Waals surface area contributed by atoms with E-state index in [2.05, 4.69) is 10.6 Å². The molecule has 0 saturated carbocycles. The fourth-order valence-corrected chi connectivity index (χ4v) is 3.47. The summed E-state index contributed by atoms with van der Waals surface area (Å²) in [5.74, 6) is -3.42. The van der Waals surface area contributed by atoms with Gasteiger partial charge in [-0.05, 0) is 25.3 Å². The van der Waals surface area contributed by atoms with Crippen molar-refractivity contribution < 1.29 is 38.6 Å². The first kappa shape index (κ1) is 26.6. The van der Waals surface area contributed by atoms with E-state index in [-0.39, 0.29) is 32.5 Å². The van der Waals surface area contributed by atoms with Crippen molar-refractivity contribution >= 4 is 29.8 Å². The van der Waals surface area contributed by atoms with Crippen LogP contribution in [0.4, 0.5) is 4.79 Å². The fraction of sp³-hybridized carbons (Fsp3) is 0.500. The summed E-state index contributed by atoms with van der Waals surface area (Å²) >= 11 is 0. The van der Waals surface area contributed by atoms with Crippen LogP contribution in [0, 0.1) is 0 Å². The maximum absolute atomic E-state index is 12.7. The number of hydrogen-bond donors (Lipinski definition) is 4. The quantitative estimate of drug-likeness (QED) is 0.349. The van der Waals surface area contributed by atoms with Crippen molar-refractivity contribution in [3.05, 3.63) is 35.9 Å². The van der Waals surface area contributed by atoms with E-state index in [4.69, 9.17) is 20.3 Å². The van der Waals surface area contributed by atoms with Crippen molar-refractivity contribution in [2.75, 3.05) is 20.2 Å². The number of nitrogens with zero attached hydrogens (tertiary/aromatic N) is 1. The Kier molecular flexibility index (Phi) is 9.36. The number of rotatable bonds is 9. The molecule has 0 bridgehead atoms. The smallest absolute Gasteiger partial charge is 0.410 e. The summed E-state index contributed by atoms with van der Waals surface area (Å²) in [5.41, 5.74) is 4.94. The zero-order valence-electron chi connectivity index (χ0n) is 19.1. The van der Waals surface area contributed by atoms with Gasteiger partial charge < -0.3 is 35.8 Å². The van der Waals surface area contributed by atoms with E-state index in [0.29, 0.717) is 0 Å². The van der Waals surface area contributed by atoms with Crippen LogP contribution in [0.15, 0.2) is 30.3 Å². The van der Waals surface area contributed by atoms with E-state index in [1.165, 1.54) is 18.9 Å². The second kappa shape index (κ2) is 12.0. The van der Waals surface area contributed by atoms with Gasteiger partial charge in [-0.25, -0.2) is 9.59 Å². The molecular formula is C22H30N4O8. The standard InChI is InChI=1S/C22H30N4O8/c1-14(24-19(30)16(23)12-17(27)28)18(29)25-22(20(31)33-2)8-10-26(11-9-22)21(32)34-13-15-6-4-3-5-7-15/h3-7,14,16H,8-13,23H2,1-2H3,(H,24,30)(H,25,29)(H,27,28)/t14-,16+/m1/s1. The fourth-order valence-electron chi connectivity index (χ4n) is 3.47. The summed E-state index contributed by atoms with van der Waals surface area (Å²) in [4.78, 5) is 61.8. The molecule has 0 spiro atoms. The first-order valence-corrected chi connectivity index (χ1v) is 10.7. The molecule has 1 aliphatic heterocycles. The third kappa shape index (κ3) is 7.17. The van der Waals surface area contributed by atoms with Crippen LogP contribution >= 0.6 is 0 Å². The molecule has 186 valence electrons. The van der Waals surface area contributed by atoms with Gasteiger partial charge in [0.25, 0.3) is 0 Å². The number of methoxy groups -OCH3 is 1. The number of esters is 1. The molecule has 1 fully saturated rings. The number of nitrogens with one attached hydrogen (secondary N) is 2. The molecule has 1 saturated heterocycles. The Balaban J connectivity index is 1.95. The number of carboxylic acid groups (broad SMARTS) is 1. The van der Waals surface area contributed by atoms with Gasteiger partial charge in [-0.15, -0.1) is 0 Å².